The molecule has 35 heavy (non-hydrogen) atoms. The van der Waals surface area contributed by atoms with Crippen molar-refractivity contribution >= 4 is 11.8 Å². The van der Waals surface area contributed by atoms with Gasteiger partial charge in [-0.2, -0.15) is 5.10 Å². The Kier molecular flexibility index (Phi) is 6.98. The van der Waals surface area contributed by atoms with Crippen LogP contribution in [0.5, 0.6) is 0 Å². The summed E-state index contributed by atoms with van der Waals surface area (Å²) in [6.07, 6.45) is 8.18. The van der Waals surface area contributed by atoms with E-state index in [1.165, 1.54) is 12.8 Å². The first kappa shape index (κ1) is 23.3. The van der Waals surface area contributed by atoms with Gasteiger partial charge < -0.3 is 10.2 Å². The first-order valence-corrected chi connectivity index (χ1v) is 12.9. The van der Waals surface area contributed by atoms with Crippen LogP contribution in [-0.4, -0.2) is 45.6 Å². The van der Waals surface area contributed by atoms with Gasteiger partial charge in [-0.25, -0.2) is 4.68 Å². The molecule has 1 aliphatic carbocycles. The Morgan fingerprint density at radius 1 is 0.914 bits per heavy atom. The first-order valence-electron chi connectivity index (χ1n) is 12.9. The molecule has 1 atom stereocenters. The molecule has 182 valence electrons. The molecule has 0 spiro atoms. The zero-order valence-electron chi connectivity index (χ0n) is 20.4. The van der Waals surface area contributed by atoms with Crippen molar-refractivity contribution in [1.82, 2.24) is 20.0 Å². The summed E-state index contributed by atoms with van der Waals surface area (Å²) in [7, 11) is 0. The minimum absolute atomic E-state index is 0.00699. The van der Waals surface area contributed by atoms with Gasteiger partial charge in [-0.3, -0.25) is 9.59 Å². The highest BCUT2D eigenvalue weighted by Gasteiger charge is 2.32. The molecule has 2 aliphatic rings. The van der Waals surface area contributed by atoms with E-state index >= 15 is 0 Å². The second-order valence-corrected chi connectivity index (χ2v) is 9.95. The highest BCUT2D eigenvalue weighted by atomic mass is 16.2. The zero-order valence-corrected chi connectivity index (χ0v) is 20.4. The minimum Gasteiger partial charge on any atom is -0.353 e. The third-order valence-electron chi connectivity index (χ3n) is 7.66. The predicted molar refractivity (Wildman–Crippen MR) is 137 cm³/mol. The molecule has 0 bridgehead atoms. The normalized spacial score (nSPS) is 17.9. The smallest absolute Gasteiger partial charge is 0.257 e. The van der Waals surface area contributed by atoms with E-state index < -0.39 is 0 Å². The molecule has 0 radical (unpaired) electrons. The lowest BCUT2D eigenvalue weighted by molar-refractivity contribution is -0.127. The quantitative estimate of drug-likeness (QED) is 0.546. The summed E-state index contributed by atoms with van der Waals surface area (Å²) in [5.41, 5.74) is 3.17. The monoisotopic (exact) mass is 470 g/mol. The van der Waals surface area contributed by atoms with Gasteiger partial charge in [-0.05, 0) is 43.7 Å². The number of para-hydroxylation sites is 1. The van der Waals surface area contributed by atoms with Crippen LogP contribution in [0.25, 0.3) is 16.9 Å². The van der Waals surface area contributed by atoms with Crippen molar-refractivity contribution < 1.29 is 9.59 Å². The summed E-state index contributed by atoms with van der Waals surface area (Å²) >= 11 is 0. The Hall–Kier alpha value is -3.41. The molecule has 2 amide bonds. The van der Waals surface area contributed by atoms with Crippen LogP contribution in [-0.2, 0) is 4.79 Å². The molecular weight excluding hydrogens is 436 g/mol. The molecular formula is C29H34N4O2. The number of hydrogen-bond acceptors (Lipinski definition) is 3. The molecule has 2 fully saturated rings. The average molecular weight is 471 g/mol. The van der Waals surface area contributed by atoms with Crippen LogP contribution in [0.2, 0.25) is 0 Å². The lowest BCUT2D eigenvalue weighted by Gasteiger charge is -2.34. The van der Waals surface area contributed by atoms with Gasteiger partial charge >= 0.3 is 0 Å². The number of carbonyl (C=O) groups excluding carboxylic acids is 2. The topological polar surface area (TPSA) is 67.2 Å². The van der Waals surface area contributed by atoms with E-state index in [2.05, 4.69) is 5.32 Å². The zero-order chi connectivity index (χ0) is 24.2. The van der Waals surface area contributed by atoms with Crippen molar-refractivity contribution in [2.45, 2.75) is 51.5 Å². The van der Waals surface area contributed by atoms with Crippen molar-refractivity contribution in [3.63, 3.8) is 0 Å². The number of rotatable bonds is 6. The maximum atomic E-state index is 13.7. The fourth-order valence-electron chi connectivity index (χ4n) is 5.44. The van der Waals surface area contributed by atoms with Crippen LogP contribution in [0, 0.1) is 11.8 Å². The summed E-state index contributed by atoms with van der Waals surface area (Å²) < 4.78 is 1.79. The number of nitrogens with one attached hydrogen (secondary N) is 1. The maximum Gasteiger partial charge on any atom is 0.257 e. The molecule has 6 nitrogen and oxygen atoms in total. The summed E-state index contributed by atoms with van der Waals surface area (Å²) in [4.78, 5) is 28.4. The van der Waals surface area contributed by atoms with Gasteiger partial charge in [0.25, 0.3) is 5.91 Å². The SMILES string of the molecule is C[C@@H](C(=O)NC1CCCC1)C1CCN(C(=O)c2cn(-c3ccccc3)nc2-c2ccccc2)CC1. The molecule has 3 aromatic rings. The molecule has 1 saturated carbocycles. The number of nitrogens with zero attached hydrogens (tertiary/aromatic N) is 3. The van der Waals surface area contributed by atoms with E-state index in [9.17, 15) is 9.59 Å². The van der Waals surface area contributed by atoms with Crippen molar-refractivity contribution in [3.05, 3.63) is 72.4 Å². The van der Waals surface area contributed by atoms with Gasteiger partial charge in [0.15, 0.2) is 0 Å². The minimum atomic E-state index is -0.0198. The van der Waals surface area contributed by atoms with Crippen LogP contribution in [0.4, 0.5) is 0 Å². The second kappa shape index (κ2) is 10.5. The fraction of sp³-hybridized carbons (Fsp3) is 0.414. The van der Waals surface area contributed by atoms with E-state index in [0.717, 1.165) is 36.9 Å². The largest absolute Gasteiger partial charge is 0.353 e. The van der Waals surface area contributed by atoms with Crippen molar-refractivity contribution in [3.8, 4) is 16.9 Å². The fourth-order valence-corrected chi connectivity index (χ4v) is 5.44. The van der Waals surface area contributed by atoms with Gasteiger partial charge in [0, 0.05) is 36.8 Å². The Labute approximate surface area is 207 Å². The summed E-state index contributed by atoms with van der Waals surface area (Å²) in [5.74, 6) is 0.472. The standard InChI is InChI=1S/C29H34N4O2/c1-21(28(34)30-24-12-8-9-13-24)22-16-18-32(19-17-22)29(35)26-20-33(25-14-6-3-7-15-25)31-27(26)23-10-4-2-5-11-23/h2-7,10-11,14-15,20-22,24H,8-9,12-13,16-19H2,1H3,(H,30,34)/t21-/m1/s1. The Bertz CT molecular complexity index is 1140. The van der Waals surface area contributed by atoms with E-state index in [0.29, 0.717) is 36.3 Å². The molecule has 2 heterocycles. The van der Waals surface area contributed by atoms with Gasteiger partial charge in [0.1, 0.15) is 5.69 Å². The Balaban J connectivity index is 1.30. The molecule has 1 aliphatic heterocycles. The summed E-state index contributed by atoms with van der Waals surface area (Å²) in [6.45, 7) is 3.37. The third kappa shape index (κ3) is 5.16. The maximum absolute atomic E-state index is 13.7. The van der Waals surface area contributed by atoms with E-state index in [4.69, 9.17) is 5.10 Å². The van der Waals surface area contributed by atoms with Crippen LogP contribution >= 0.6 is 0 Å². The molecule has 1 saturated heterocycles. The number of hydrogen-bond donors (Lipinski definition) is 1. The van der Waals surface area contributed by atoms with E-state index in [-0.39, 0.29) is 17.7 Å². The van der Waals surface area contributed by atoms with Gasteiger partial charge in [0.2, 0.25) is 5.91 Å². The summed E-state index contributed by atoms with van der Waals surface area (Å²) in [6, 6.07) is 20.1. The molecule has 5 rings (SSSR count). The van der Waals surface area contributed by atoms with Crippen LogP contribution in [0.15, 0.2) is 66.9 Å². The van der Waals surface area contributed by atoms with Crippen molar-refractivity contribution in [1.29, 1.82) is 0 Å². The highest BCUT2D eigenvalue weighted by Crippen LogP contribution is 2.30. The van der Waals surface area contributed by atoms with Crippen LogP contribution < -0.4 is 5.32 Å². The predicted octanol–water partition coefficient (Wildman–Crippen LogP) is 5.09. The Morgan fingerprint density at radius 2 is 1.54 bits per heavy atom. The average Bonchev–Trinajstić information content (AvgIpc) is 3.59. The molecule has 0 unspecified atom stereocenters. The molecule has 2 aromatic carbocycles. The summed E-state index contributed by atoms with van der Waals surface area (Å²) in [5, 5.41) is 8.05. The second-order valence-electron chi connectivity index (χ2n) is 9.95. The van der Waals surface area contributed by atoms with Crippen molar-refractivity contribution in [2.24, 2.45) is 11.8 Å². The number of likely N-dealkylation sites (tertiary alicyclic amines) is 1. The number of benzene rings is 2. The molecule has 1 N–H and O–H groups in total. The van der Waals surface area contributed by atoms with Crippen LogP contribution in [0.3, 0.4) is 0 Å². The van der Waals surface area contributed by atoms with Crippen molar-refractivity contribution in [2.75, 3.05) is 13.1 Å². The molecule has 6 heteroatoms. The number of carbonyl (C=O) groups is 2. The third-order valence-corrected chi connectivity index (χ3v) is 7.66. The van der Waals surface area contributed by atoms with Crippen LogP contribution in [0.1, 0.15) is 55.8 Å². The number of piperidine rings is 1. The van der Waals surface area contributed by atoms with E-state index in [1.54, 1.807) is 4.68 Å². The van der Waals surface area contributed by atoms with Gasteiger partial charge in [-0.15, -0.1) is 0 Å². The van der Waals surface area contributed by atoms with Gasteiger partial charge in [-0.1, -0.05) is 68.3 Å². The Morgan fingerprint density at radius 3 is 2.20 bits per heavy atom. The first-order chi connectivity index (χ1) is 17.1. The number of aromatic nitrogens is 2. The van der Waals surface area contributed by atoms with E-state index in [1.807, 2.05) is 78.7 Å². The molecule has 1 aromatic heterocycles. The lowest BCUT2D eigenvalue weighted by atomic mass is 9.84. The lowest BCUT2D eigenvalue weighted by Crippen LogP contribution is -2.44. The van der Waals surface area contributed by atoms with Gasteiger partial charge in [0.05, 0.1) is 11.3 Å². The number of amides is 2. The highest BCUT2D eigenvalue weighted by molar-refractivity contribution is 6.00.